The Morgan fingerprint density at radius 3 is 2.39 bits per heavy atom. The SMILES string of the molecule is O=C(c1ccc(Nc2cnc(-c3c(F)cccc3F)o2)cc1)N1CCOCC1. The van der Waals surface area contributed by atoms with Crippen molar-refractivity contribution >= 4 is 17.5 Å². The second-order valence-electron chi connectivity index (χ2n) is 6.23. The Morgan fingerprint density at radius 1 is 1.04 bits per heavy atom. The van der Waals surface area contributed by atoms with Crippen LogP contribution in [-0.2, 0) is 4.74 Å². The van der Waals surface area contributed by atoms with Crippen LogP contribution in [0, 0.1) is 11.6 Å². The number of morpholine rings is 1. The molecule has 3 aromatic rings. The Labute approximate surface area is 159 Å². The number of benzene rings is 2. The van der Waals surface area contributed by atoms with Gasteiger partial charge in [-0.3, -0.25) is 4.79 Å². The number of hydrogen-bond donors (Lipinski definition) is 1. The van der Waals surface area contributed by atoms with E-state index < -0.39 is 11.6 Å². The monoisotopic (exact) mass is 385 g/mol. The van der Waals surface area contributed by atoms with Gasteiger partial charge in [-0.05, 0) is 36.4 Å². The summed E-state index contributed by atoms with van der Waals surface area (Å²) in [5.41, 5.74) is 0.899. The van der Waals surface area contributed by atoms with Crippen molar-refractivity contribution < 1.29 is 22.7 Å². The number of carbonyl (C=O) groups excluding carboxylic acids is 1. The molecule has 8 heteroatoms. The molecule has 1 amide bonds. The highest BCUT2D eigenvalue weighted by atomic mass is 19.1. The van der Waals surface area contributed by atoms with Crippen molar-refractivity contribution in [2.75, 3.05) is 31.6 Å². The van der Waals surface area contributed by atoms with E-state index in [0.717, 1.165) is 12.1 Å². The predicted molar refractivity (Wildman–Crippen MR) is 98.3 cm³/mol. The van der Waals surface area contributed by atoms with Crippen LogP contribution < -0.4 is 5.32 Å². The summed E-state index contributed by atoms with van der Waals surface area (Å²) < 4.78 is 38.4. The largest absolute Gasteiger partial charge is 0.420 e. The maximum atomic E-state index is 13.8. The Kier molecular flexibility index (Phi) is 5.03. The summed E-state index contributed by atoms with van der Waals surface area (Å²) in [4.78, 5) is 18.1. The predicted octanol–water partition coefficient (Wildman–Crippen LogP) is 3.84. The van der Waals surface area contributed by atoms with E-state index in [9.17, 15) is 13.6 Å². The van der Waals surface area contributed by atoms with Crippen molar-refractivity contribution in [2.24, 2.45) is 0 Å². The first kappa shape index (κ1) is 18.1. The number of carbonyl (C=O) groups is 1. The van der Waals surface area contributed by atoms with E-state index in [2.05, 4.69) is 10.3 Å². The molecule has 0 aliphatic carbocycles. The fourth-order valence-corrected chi connectivity index (χ4v) is 2.94. The molecule has 6 nitrogen and oxygen atoms in total. The molecule has 0 radical (unpaired) electrons. The summed E-state index contributed by atoms with van der Waals surface area (Å²) in [5, 5.41) is 2.96. The van der Waals surface area contributed by atoms with Gasteiger partial charge in [0.15, 0.2) is 0 Å². The van der Waals surface area contributed by atoms with Crippen molar-refractivity contribution in [1.29, 1.82) is 0 Å². The molecule has 0 unspecified atom stereocenters. The lowest BCUT2D eigenvalue weighted by molar-refractivity contribution is 0.0303. The molecule has 144 valence electrons. The van der Waals surface area contributed by atoms with Crippen LogP contribution in [0.25, 0.3) is 11.5 Å². The highest BCUT2D eigenvalue weighted by Gasteiger charge is 2.19. The number of ether oxygens (including phenoxy) is 1. The van der Waals surface area contributed by atoms with E-state index in [1.165, 1.54) is 12.3 Å². The molecule has 0 spiro atoms. The number of anilines is 2. The molecular formula is C20H17F2N3O3. The Balaban J connectivity index is 1.47. The maximum Gasteiger partial charge on any atom is 0.254 e. The van der Waals surface area contributed by atoms with Gasteiger partial charge in [-0.1, -0.05) is 6.07 Å². The first-order valence-electron chi connectivity index (χ1n) is 8.76. The van der Waals surface area contributed by atoms with Crippen LogP contribution in [-0.4, -0.2) is 42.1 Å². The zero-order valence-electron chi connectivity index (χ0n) is 14.8. The molecule has 28 heavy (non-hydrogen) atoms. The molecule has 1 aliphatic heterocycles. The molecule has 2 aromatic carbocycles. The molecule has 0 saturated carbocycles. The fourth-order valence-electron chi connectivity index (χ4n) is 2.94. The molecular weight excluding hydrogens is 368 g/mol. The maximum absolute atomic E-state index is 13.8. The Bertz CT molecular complexity index is 962. The zero-order valence-corrected chi connectivity index (χ0v) is 14.8. The smallest absolute Gasteiger partial charge is 0.254 e. The van der Waals surface area contributed by atoms with Crippen molar-refractivity contribution in [3.05, 3.63) is 65.9 Å². The summed E-state index contributed by atoms with van der Waals surface area (Å²) in [6.07, 6.45) is 1.34. The van der Waals surface area contributed by atoms with Crippen molar-refractivity contribution in [3.63, 3.8) is 0 Å². The van der Waals surface area contributed by atoms with E-state index in [0.29, 0.717) is 37.6 Å². The van der Waals surface area contributed by atoms with E-state index in [1.807, 2.05) is 0 Å². The molecule has 2 heterocycles. The molecule has 1 aromatic heterocycles. The average molecular weight is 385 g/mol. The van der Waals surface area contributed by atoms with Gasteiger partial charge in [0.25, 0.3) is 5.91 Å². The number of oxazole rings is 1. The molecule has 0 bridgehead atoms. The number of nitrogens with zero attached hydrogens (tertiary/aromatic N) is 2. The van der Waals surface area contributed by atoms with Crippen LogP contribution in [0.15, 0.2) is 53.1 Å². The number of rotatable bonds is 4. The molecule has 1 N–H and O–H groups in total. The summed E-state index contributed by atoms with van der Waals surface area (Å²) in [6, 6.07) is 10.4. The van der Waals surface area contributed by atoms with Crippen molar-refractivity contribution in [3.8, 4) is 11.5 Å². The van der Waals surface area contributed by atoms with E-state index >= 15 is 0 Å². The van der Waals surface area contributed by atoms with Crippen molar-refractivity contribution in [2.45, 2.75) is 0 Å². The molecule has 1 aliphatic rings. The van der Waals surface area contributed by atoms with E-state index in [-0.39, 0.29) is 23.2 Å². The summed E-state index contributed by atoms with van der Waals surface area (Å²) in [5.74, 6) is -1.48. The van der Waals surface area contributed by atoms with Crippen LogP contribution in [0.4, 0.5) is 20.4 Å². The highest BCUT2D eigenvalue weighted by Crippen LogP contribution is 2.28. The average Bonchev–Trinajstić information content (AvgIpc) is 3.16. The van der Waals surface area contributed by atoms with Gasteiger partial charge < -0.3 is 19.4 Å². The quantitative estimate of drug-likeness (QED) is 0.739. The van der Waals surface area contributed by atoms with Gasteiger partial charge in [-0.2, -0.15) is 0 Å². The summed E-state index contributed by atoms with van der Waals surface area (Å²) in [7, 11) is 0. The number of hydrogen-bond acceptors (Lipinski definition) is 5. The van der Waals surface area contributed by atoms with Gasteiger partial charge in [-0.25, -0.2) is 13.8 Å². The van der Waals surface area contributed by atoms with Gasteiger partial charge in [0, 0.05) is 24.3 Å². The third-order valence-electron chi connectivity index (χ3n) is 4.38. The van der Waals surface area contributed by atoms with Crippen LogP contribution in [0.5, 0.6) is 0 Å². The molecule has 1 fully saturated rings. The topological polar surface area (TPSA) is 67.6 Å². The fraction of sp³-hybridized carbons (Fsp3) is 0.200. The molecule has 0 atom stereocenters. The minimum atomic E-state index is -0.751. The van der Waals surface area contributed by atoms with E-state index in [4.69, 9.17) is 9.15 Å². The molecule has 4 rings (SSSR count). The number of nitrogens with one attached hydrogen (secondary N) is 1. The minimum absolute atomic E-state index is 0.0492. The third kappa shape index (κ3) is 3.72. The van der Waals surface area contributed by atoms with Crippen LogP contribution in [0.3, 0.4) is 0 Å². The van der Waals surface area contributed by atoms with Crippen LogP contribution in [0.2, 0.25) is 0 Å². The first-order valence-corrected chi connectivity index (χ1v) is 8.76. The Morgan fingerprint density at radius 2 is 1.71 bits per heavy atom. The Hall–Kier alpha value is -3.26. The first-order chi connectivity index (χ1) is 13.6. The minimum Gasteiger partial charge on any atom is -0.420 e. The highest BCUT2D eigenvalue weighted by molar-refractivity contribution is 5.94. The lowest BCUT2D eigenvalue weighted by Gasteiger charge is -2.26. The lowest BCUT2D eigenvalue weighted by atomic mass is 10.1. The van der Waals surface area contributed by atoms with Gasteiger partial charge in [0.2, 0.25) is 11.8 Å². The zero-order chi connectivity index (χ0) is 19.5. The van der Waals surface area contributed by atoms with E-state index in [1.54, 1.807) is 29.2 Å². The second kappa shape index (κ2) is 7.77. The van der Waals surface area contributed by atoms with Crippen LogP contribution in [0.1, 0.15) is 10.4 Å². The van der Waals surface area contributed by atoms with Crippen LogP contribution >= 0.6 is 0 Å². The van der Waals surface area contributed by atoms with Crippen molar-refractivity contribution in [1.82, 2.24) is 9.88 Å². The third-order valence-corrected chi connectivity index (χ3v) is 4.38. The molecule has 1 saturated heterocycles. The second-order valence-corrected chi connectivity index (χ2v) is 6.23. The summed E-state index contributed by atoms with van der Waals surface area (Å²) in [6.45, 7) is 2.24. The normalized spacial score (nSPS) is 14.1. The lowest BCUT2D eigenvalue weighted by Crippen LogP contribution is -2.40. The van der Waals surface area contributed by atoms with Gasteiger partial charge >= 0.3 is 0 Å². The van der Waals surface area contributed by atoms with Gasteiger partial charge in [0.05, 0.1) is 19.4 Å². The van der Waals surface area contributed by atoms with Gasteiger partial charge in [0.1, 0.15) is 17.2 Å². The summed E-state index contributed by atoms with van der Waals surface area (Å²) >= 11 is 0. The number of amides is 1. The van der Waals surface area contributed by atoms with Gasteiger partial charge in [-0.15, -0.1) is 0 Å². The standard InChI is InChI=1S/C20H17F2N3O3/c21-15-2-1-3-16(22)18(15)19-23-12-17(28-19)24-14-6-4-13(5-7-14)20(26)25-8-10-27-11-9-25/h1-7,12,24H,8-11H2. The number of halogens is 2. The number of aromatic nitrogens is 1.